The summed E-state index contributed by atoms with van der Waals surface area (Å²) in [4.78, 5) is 11.4. The number of hydrogen-bond donors (Lipinski definition) is 2. The van der Waals surface area contributed by atoms with Crippen molar-refractivity contribution in [1.82, 2.24) is 0 Å². The van der Waals surface area contributed by atoms with E-state index in [-0.39, 0.29) is 11.3 Å². The first kappa shape index (κ1) is 14.6. The molecule has 1 aromatic rings. The van der Waals surface area contributed by atoms with Gasteiger partial charge in [0.1, 0.15) is 0 Å². The van der Waals surface area contributed by atoms with Crippen molar-refractivity contribution in [2.45, 2.75) is 46.0 Å². The van der Waals surface area contributed by atoms with E-state index in [1.165, 1.54) is 0 Å². The van der Waals surface area contributed by atoms with Gasteiger partial charge in [0.15, 0.2) is 0 Å². The Hall–Kier alpha value is -1.51. The Labute approximate surface area is 109 Å². The Kier molecular flexibility index (Phi) is 4.05. The first-order valence-corrected chi connectivity index (χ1v) is 6.27. The molecule has 0 spiro atoms. The standard InChI is InChI=1S/C15H23NO2/c1-9(2)13(14(17)18)11-8-10(15(3,4)5)6-7-12(11)16/h6-9,13H,16H2,1-5H3,(H,17,18). The highest BCUT2D eigenvalue weighted by molar-refractivity contribution is 5.79. The van der Waals surface area contributed by atoms with E-state index in [9.17, 15) is 9.90 Å². The van der Waals surface area contributed by atoms with Gasteiger partial charge in [-0.15, -0.1) is 0 Å². The normalized spacial score (nSPS) is 13.7. The SMILES string of the molecule is CC(C)C(C(=O)O)c1cc(C(C)(C)C)ccc1N. The maximum absolute atomic E-state index is 11.4. The van der Waals surface area contributed by atoms with Gasteiger partial charge in [-0.25, -0.2) is 0 Å². The Bertz CT molecular complexity index is 444. The average molecular weight is 249 g/mol. The number of carbonyl (C=O) groups is 1. The first-order chi connectivity index (χ1) is 8.14. The number of rotatable bonds is 3. The minimum absolute atomic E-state index is 0.0114. The quantitative estimate of drug-likeness (QED) is 0.807. The number of carboxylic acids is 1. The lowest BCUT2D eigenvalue weighted by Crippen LogP contribution is -2.20. The monoisotopic (exact) mass is 249 g/mol. The lowest BCUT2D eigenvalue weighted by Gasteiger charge is -2.24. The van der Waals surface area contributed by atoms with Crippen LogP contribution >= 0.6 is 0 Å². The molecule has 0 amide bonds. The summed E-state index contributed by atoms with van der Waals surface area (Å²) in [6.45, 7) is 10.1. The van der Waals surface area contributed by atoms with E-state index in [0.717, 1.165) is 11.1 Å². The summed E-state index contributed by atoms with van der Waals surface area (Å²) in [6.07, 6.45) is 0. The molecule has 0 heterocycles. The molecule has 0 bridgehead atoms. The summed E-state index contributed by atoms with van der Waals surface area (Å²) in [5.41, 5.74) is 8.33. The van der Waals surface area contributed by atoms with E-state index < -0.39 is 11.9 Å². The number of hydrogen-bond acceptors (Lipinski definition) is 2. The van der Waals surface area contributed by atoms with Crippen LogP contribution in [-0.2, 0) is 10.2 Å². The smallest absolute Gasteiger partial charge is 0.311 e. The minimum Gasteiger partial charge on any atom is -0.481 e. The van der Waals surface area contributed by atoms with Gasteiger partial charge < -0.3 is 10.8 Å². The summed E-state index contributed by atoms with van der Waals surface area (Å²) < 4.78 is 0. The third-order valence-corrected chi connectivity index (χ3v) is 3.22. The Morgan fingerprint density at radius 2 is 1.83 bits per heavy atom. The van der Waals surface area contributed by atoms with E-state index in [4.69, 9.17) is 5.73 Å². The molecule has 0 aliphatic heterocycles. The van der Waals surface area contributed by atoms with Gasteiger partial charge in [-0.05, 0) is 28.5 Å². The third kappa shape index (κ3) is 3.03. The van der Waals surface area contributed by atoms with Crippen LogP contribution in [0.15, 0.2) is 18.2 Å². The second-order valence-corrected chi connectivity index (χ2v) is 6.15. The summed E-state index contributed by atoms with van der Waals surface area (Å²) in [5.74, 6) is -1.35. The van der Waals surface area contributed by atoms with Crippen molar-refractivity contribution < 1.29 is 9.90 Å². The number of anilines is 1. The topological polar surface area (TPSA) is 63.3 Å². The van der Waals surface area contributed by atoms with E-state index in [1.54, 1.807) is 0 Å². The van der Waals surface area contributed by atoms with Gasteiger partial charge in [-0.3, -0.25) is 4.79 Å². The van der Waals surface area contributed by atoms with Crippen LogP contribution in [0.5, 0.6) is 0 Å². The van der Waals surface area contributed by atoms with Crippen LogP contribution in [0.2, 0.25) is 0 Å². The molecule has 0 saturated carbocycles. The van der Waals surface area contributed by atoms with Crippen LogP contribution in [0.3, 0.4) is 0 Å². The summed E-state index contributed by atoms with van der Waals surface area (Å²) in [7, 11) is 0. The van der Waals surface area contributed by atoms with Gasteiger partial charge in [0, 0.05) is 5.69 Å². The second-order valence-electron chi connectivity index (χ2n) is 6.15. The van der Waals surface area contributed by atoms with Crippen molar-refractivity contribution in [2.75, 3.05) is 5.73 Å². The number of aliphatic carboxylic acids is 1. The fourth-order valence-electron chi connectivity index (χ4n) is 2.09. The summed E-state index contributed by atoms with van der Waals surface area (Å²) >= 11 is 0. The molecule has 1 unspecified atom stereocenters. The minimum atomic E-state index is -0.817. The number of nitrogens with two attached hydrogens (primary N) is 1. The predicted octanol–water partition coefficient (Wildman–Crippen LogP) is 3.39. The Balaban J connectivity index is 3.34. The van der Waals surface area contributed by atoms with Gasteiger partial charge in [0.2, 0.25) is 0 Å². The molecule has 0 saturated heterocycles. The van der Waals surface area contributed by atoms with Crippen molar-refractivity contribution in [1.29, 1.82) is 0 Å². The van der Waals surface area contributed by atoms with Gasteiger partial charge in [0.05, 0.1) is 5.92 Å². The highest BCUT2D eigenvalue weighted by Gasteiger charge is 2.27. The molecule has 0 aliphatic carbocycles. The maximum atomic E-state index is 11.4. The largest absolute Gasteiger partial charge is 0.481 e. The van der Waals surface area contributed by atoms with Gasteiger partial charge >= 0.3 is 5.97 Å². The predicted molar refractivity (Wildman–Crippen MR) is 74.8 cm³/mol. The summed E-state index contributed by atoms with van der Waals surface area (Å²) in [5, 5.41) is 9.36. The van der Waals surface area contributed by atoms with Crippen LogP contribution in [0.1, 0.15) is 51.7 Å². The van der Waals surface area contributed by atoms with E-state index in [0.29, 0.717) is 5.69 Å². The van der Waals surface area contributed by atoms with Crippen molar-refractivity contribution >= 4 is 11.7 Å². The third-order valence-electron chi connectivity index (χ3n) is 3.22. The van der Waals surface area contributed by atoms with E-state index in [2.05, 4.69) is 20.8 Å². The molecule has 0 radical (unpaired) electrons. The van der Waals surface area contributed by atoms with Crippen molar-refractivity contribution in [2.24, 2.45) is 5.92 Å². The number of benzene rings is 1. The zero-order valence-corrected chi connectivity index (χ0v) is 11.8. The maximum Gasteiger partial charge on any atom is 0.311 e. The first-order valence-electron chi connectivity index (χ1n) is 6.27. The van der Waals surface area contributed by atoms with Crippen molar-refractivity contribution in [3.05, 3.63) is 29.3 Å². The molecule has 3 nitrogen and oxygen atoms in total. The van der Waals surface area contributed by atoms with Gasteiger partial charge in [-0.2, -0.15) is 0 Å². The number of carboxylic acid groups (broad SMARTS) is 1. The molecule has 0 aliphatic rings. The van der Waals surface area contributed by atoms with Crippen LogP contribution in [-0.4, -0.2) is 11.1 Å². The molecule has 0 aromatic heterocycles. The lowest BCUT2D eigenvalue weighted by atomic mass is 9.81. The second kappa shape index (κ2) is 5.01. The van der Waals surface area contributed by atoms with Crippen LogP contribution < -0.4 is 5.73 Å². The fourth-order valence-corrected chi connectivity index (χ4v) is 2.09. The molecule has 100 valence electrons. The Morgan fingerprint density at radius 1 is 1.28 bits per heavy atom. The molecule has 3 N–H and O–H groups in total. The Morgan fingerprint density at radius 3 is 2.22 bits per heavy atom. The molecule has 1 atom stereocenters. The van der Waals surface area contributed by atoms with Crippen LogP contribution in [0.25, 0.3) is 0 Å². The zero-order valence-electron chi connectivity index (χ0n) is 11.8. The van der Waals surface area contributed by atoms with Crippen LogP contribution in [0, 0.1) is 5.92 Å². The number of nitrogen functional groups attached to an aromatic ring is 1. The average Bonchev–Trinajstić information content (AvgIpc) is 2.18. The summed E-state index contributed by atoms with van der Waals surface area (Å²) in [6, 6.07) is 5.72. The van der Waals surface area contributed by atoms with Crippen molar-refractivity contribution in [3.63, 3.8) is 0 Å². The highest BCUT2D eigenvalue weighted by Crippen LogP contribution is 2.33. The lowest BCUT2D eigenvalue weighted by molar-refractivity contribution is -0.139. The van der Waals surface area contributed by atoms with Crippen LogP contribution in [0.4, 0.5) is 5.69 Å². The molecular weight excluding hydrogens is 226 g/mol. The van der Waals surface area contributed by atoms with Gasteiger partial charge in [0.25, 0.3) is 0 Å². The molecule has 1 aromatic carbocycles. The van der Waals surface area contributed by atoms with E-state index >= 15 is 0 Å². The van der Waals surface area contributed by atoms with Gasteiger partial charge in [-0.1, -0.05) is 46.8 Å². The molecule has 1 rings (SSSR count). The molecular formula is C15H23NO2. The molecule has 18 heavy (non-hydrogen) atoms. The molecule has 0 fully saturated rings. The van der Waals surface area contributed by atoms with E-state index in [1.807, 2.05) is 32.0 Å². The zero-order chi connectivity index (χ0) is 14.1. The molecule has 3 heteroatoms. The fraction of sp³-hybridized carbons (Fsp3) is 0.533. The highest BCUT2D eigenvalue weighted by atomic mass is 16.4. The van der Waals surface area contributed by atoms with Crippen molar-refractivity contribution in [3.8, 4) is 0 Å².